The van der Waals surface area contributed by atoms with E-state index in [-0.39, 0.29) is 0 Å². The molecule has 1 N–H and O–H groups in total. The molecular formula is C13H17N3S. The van der Waals surface area contributed by atoms with E-state index in [1.54, 1.807) is 11.3 Å². The molecule has 0 radical (unpaired) electrons. The van der Waals surface area contributed by atoms with Crippen molar-refractivity contribution < 1.29 is 0 Å². The third-order valence-corrected chi connectivity index (χ3v) is 3.24. The number of rotatable bonds is 5. The Kier molecular flexibility index (Phi) is 4.09. The van der Waals surface area contributed by atoms with Crippen molar-refractivity contribution in [2.75, 3.05) is 5.32 Å². The molecule has 17 heavy (non-hydrogen) atoms. The summed E-state index contributed by atoms with van der Waals surface area (Å²) in [6.45, 7) is 5.19. The zero-order valence-electron chi connectivity index (χ0n) is 10.2. The van der Waals surface area contributed by atoms with Crippen molar-refractivity contribution in [1.29, 1.82) is 0 Å². The number of nitrogens with one attached hydrogen (secondary N) is 1. The lowest BCUT2D eigenvalue weighted by atomic mass is 10.1. The van der Waals surface area contributed by atoms with E-state index in [9.17, 15) is 0 Å². The van der Waals surface area contributed by atoms with Gasteiger partial charge >= 0.3 is 0 Å². The Morgan fingerprint density at radius 1 is 1.18 bits per heavy atom. The molecule has 90 valence electrons. The molecule has 0 aliphatic carbocycles. The zero-order chi connectivity index (χ0) is 12.1. The van der Waals surface area contributed by atoms with Gasteiger partial charge in [0.2, 0.25) is 5.13 Å². The van der Waals surface area contributed by atoms with Crippen molar-refractivity contribution in [1.82, 2.24) is 10.2 Å². The van der Waals surface area contributed by atoms with Gasteiger partial charge in [-0.3, -0.25) is 0 Å². The van der Waals surface area contributed by atoms with Crippen LogP contribution in [-0.2, 0) is 13.0 Å². The van der Waals surface area contributed by atoms with Crippen molar-refractivity contribution >= 4 is 16.5 Å². The fourth-order valence-electron chi connectivity index (χ4n) is 1.53. The molecule has 0 spiro atoms. The van der Waals surface area contributed by atoms with E-state index in [1.807, 2.05) is 18.2 Å². The number of nitrogens with zero attached hydrogens (tertiary/aromatic N) is 2. The highest BCUT2D eigenvalue weighted by Crippen LogP contribution is 2.18. The van der Waals surface area contributed by atoms with Crippen molar-refractivity contribution in [2.45, 2.75) is 26.8 Å². The Bertz CT molecular complexity index is 451. The average molecular weight is 247 g/mol. The van der Waals surface area contributed by atoms with Crippen LogP contribution in [0.1, 0.15) is 24.4 Å². The fraction of sp³-hybridized carbons (Fsp3) is 0.385. The van der Waals surface area contributed by atoms with Gasteiger partial charge in [0.25, 0.3) is 0 Å². The number of hydrogen-bond acceptors (Lipinski definition) is 4. The lowest BCUT2D eigenvalue weighted by Gasteiger charge is -2.01. The molecule has 0 saturated heterocycles. The average Bonchev–Trinajstić information content (AvgIpc) is 2.75. The van der Waals surface area contributed by atoms with Crippen LogP contribution in [-0.4, -0.2) is 10.2 Å². The number of aromatic nitrogens is 2. The molecule has 1 aromatic heterocycles. The van der Waals surface area contributed by atoms with E-state index in [1.165, 1.54) is 5.56 Å². The van der Waals surface area contributed by atoms with E-state index < -0.39 is 0 Å². The van der Waals surface area contributed by atoms with Crippen LogP contribution in [0.4, 0.5) is 5.13 Å². The van der Waals surface area contributed by atoms with Crippen LogP contribution in [0.2, 0.25) is 0 Å². The molecule has 0 saturated carbocycles. The highest BCUT2D eigenvalue weighted by molar-refractivity contribution is 7.15. The van der Waals surface area contributed by atoms with E-state index in [4.69, 9.17) is 0 Å². The second-order valence-corrected chi connectivity index (χ2v) is 5.50. The monoisotopic (exact) mass is 247 g/mol. The van der Waals surface area contributed by atoms with Crippen molar-refractivity contribution in [2.24, 2.45) is 5.92 Å². The van der Waals surface area contributed by atoms with Crippen molar-refractivity contribution in [3.05, 3.63) is 40.9 Å². The van der Waals surface area contributed by atoms with Gasteiger partial charge in [0.1, 0.15) is 5.01 Å². The molecule has 0 fully saturated rings. The minimum Gasteiger partial charge on any atom is -0.356 e. The summed E-state index contributed by atoms with van der Waals surface area (Å²) in [5.74, 6) is 0.630. The maximum Gasteiger partial charge on any atom is 0.205 e. The molecule has 1 heterocycles. The van der Waals surface area contributed by atoms with Crippen LogP contribution in [0.5, 0.6) is 0 Å². The van der Waals surface area contributed by atoms with Crippen molar-refractivity contribution in [3.63, 3.8) is 0 Å². The summed E-state index contributed by atoms with van der Waals surface area (Å²) >= 11 is 1.65. The van der Waals surface area contributed by atoms with Gasteiger partial charge in [0.15, 0.2) is 0 Å². The minimum absolute atomic E-state index is 0.630. The zero-order valence-corrected chi connectivity index (χ0v) is 11.0. The molecule has 0 atom stereocenters. The topological polar surface area (TPSA) is 37.8 Å². The van der Waals surface area contributed by atoms with Gasteiger partial charge in [-0.1, -0.05) is 55.5 Å². The third kappa shape index (κ3) is 3.82. The Morgan fingerprint density at radius 3 is 2.65 bits per heavy atom. The first-order valence-electron chi connectivity index (χ1n) is 5.84. The van der Waals surface area contributed by atoms with Gasteiger partial charge in [0.05, 0.1) is 0 Å². The van der Waals surface area contributed by atoms with Gasteiger partial charge in [-0.25, -0.2) is 0 Å². The lowest BCUT2D eigenvalue weighted by molar-refractivity contribution is 0.640. The SMILES string of the molecule is CC(C)Cc1nnc(NCc2ccccc2)s1. The molecule has 0 bridgehead atoms. The molecule has 0 aliphatic heterocycles. The Morgan fingerprint density at radius 2 is 1.94 bits per heavy atom. The summed E-state index contributed by atoms with van der Waals surface area (Å²) in [7, 11) is 0. The highest BCUT2D eigenvalue weighted by Gasteiger charge is 2.05. The predicted molar refractivity (Wildman–Crippen MR) is 72.2 cm³/mol. The molecule has 1 aromatic carbocycles. The lowest BCUT2D eigenvalue weighted by Crippen LogP contribution is -1.98. The van der Waals surface area contributed by atoms with Crippen LogP contribution in [0.15, 0.2) is 30.3 Å². The molecule has 0 aliphatic rings. The largest absolute Gasteiger partial charge is 0.356 e. The van der Waals surface area contributed by atoms with Gasteiger partial charge in [-0.2, -0.15) is 0 Å². The van der Waals surface area contributed by atoms with E-state index in [2.05, 4.69) is 41.5 Å². The normalized spacial score (nSPS) is 10.8. The molecular weight excluding hydrogens is 230 g/mol. The van der Waals surface area contributed by atoms with E-state index >= 15 is 0 Å². The first-order valence-corrected chi connectivity index (χ1v) is 6.66. The summed E-state index contributed by atoms with van der Waals surface area (Å²) in [5.41, 5.74) is 1.26. The van der Waals surface area contributed by atoms with Gasteiger partial charge in [-0.05, 0) is 11.5 Å². The predicted octanol–water partition coefficient (Wildman–Crippen LogP) is 3.35. The maximum atomic E-state index is 4.17. The number of hydrogen-bond donors (Lipinski definition) is 1. The van der Waals surface area contributed by atoms with Crippen molar-refractivity contribution in [3.8, 4) is 0 Å². The molecule has 0 amide bonds. The third-order valence-electron chi connectivity index (χ3n) is 2.34. The van der Waals surface area contributed by atoms with Crippen LogP contribution in [0, 0.1) is 5.92 Å². The molecule has 2 rings (SSSR count). The number of anilines is 1. The standard InChI is InChI=1S/C13H17N3S/c1-10(2)8-12-15-16-13(17-12)14-9-11-6-4-3-5-7-11/h3-7,10H,8-9H2,1-2H3,(H,14,16). The summed E-state index contributed by atoms with van der Waals surface area (Å²) in [6.07, 6.45) is 1.00. The minimum atomic E-state index is 0.630. The Balaban J connectivity index is 1.89. The second kappa shape index (κ2) is 5.77. The number of benzene rings is 1. The summed E-state index contributed by atoms with van der Waals surface area (Å²) in [4.78, 5) is 0. The summed E-state index contributed by atoms with van der Waals surface area (Å²) < 4.78 is 0. The molecule has 3 nitrogen and oxygen atoms in total. The molecule has 2 aromatic rings. The first-order chi connectivity index (χ1) is 8.24. The maximum absolute atomic E-state index is 4.17. The molecule has 0 unspecified atom stereocenters. The van der Waals surface area contributed by atoms with Gasteiger partial charge in [0, 0.05) is 13.0 Å². The second-order valence-electron chi connectivity index (χ2n) is 4.44. The fourth-order valence-corrected chi connectivity index (χ4v) is 2.48. The molecule has 4 heteroatoms. The summed E-state index contributed by atoms with van der Waals surface area (Å²) in [6, 6.07) is 10.3. The van der Waals surface area contributed by atoms with Gasteiger partial charge in [-0.15, -0.1) is 10.2 Å². The van der Waals surface area contributed by atoms with Crippen LogP contribution in [0.25, 0.3) is 0 Å². The van der Waals surface area contributed by atoms with Crippen LogP contribution < -0.4 is 5.32 Å². The highest BCUT2D eigenvalue weighted by atomic mass is 32.1. The van der Waals surface area contributed by atoms with Crippen LogP contribution >= 0.6 is 11.3 Å². The van der Waals surface area contributed by atoms with E-state index in [0.717, 1.165) is 23.1 Å². The first kappa shape index (κ1) is 12.0. The van der Waals surface area contributed by atoms with Gasteiger partial charge < -0.3 is 5.32 Å². The van der Waals surface area contributed by atoms with E-state index in [0.29, 0.717) is 5.92 Å². The smallest absolute Gasteiger partial charge is 0.205 e. The quantitative estimate of drug-likeness (QED) is 0.880. The Hall–Kier alpha value is -1.42. The Labute approximate surface area is 106 Å². The summed E-state index contributed by atoms with van der Waals surface area (Å²) in [5, 5.41) is 13.6. The van der Waals surface area contributed by atoms with Crippen LogP contribution in [0.3, 0.4) is 0 Å².